The van der Waals surface area contributed by atoms with Crippen LogP contribution in [0.4, 0.5) is 39.8 Å². The maximum atomic E-state index is 12.3. The van der Waals surface area contributed by atoms with Gasteiger partial charge in [0.15, 0.2) is 5.75 Å². The molecule has 0 aliphatic heterocycles. The normalized spacial score (nSPS) is 12.6. The molecule has 6 rings (SSSR count). The summed E-state index contributed by atoms with van der Waals surface area (Å²) < 4.78 is 100. The summed E-state index contributed by atoms with van der Waals surface area (Å²) in [7, 11) is -12.4. The molecule has 20 heteroatoms. The molecule has 290 valence electrons. The van der Waals surface area contributed by atoms with Crippen molar-refractivity contribution >= 4 is 91.7 Å². The highest BCUT2D eigenvalue weighted by Gasteiger charge is 2.25. The second kappa shape index (κ2) is 14.6. The molecule has 0 fully saturated rings. The van der Waals surface area contributed by atoms with E-state index >= 15 is 0 Å². The van der Waals surface area contributed by atoms with Gasteiger partial charge in [-0.2, -0.15) is 40.6 Å². The van der Waals surface area contributed by atoms with Crippen LogP contribution in [0.25, 0.3) is 21.5 Å². The van der Waals surface area contributed by atoms with Gasteiger partial charge in [-0.05, 0) is 126 Å². The monoisotopic (exact) mass is 819 g/mol. The smallest absolute Gasteiger partial charge is 0.296 e. The van der Waals surface area contributed by atoms with E-state index in [0.29, 0.717) is 33.6 Å². The molecule has 0 aliphatic rings. The number of anilines is 3. The highest BCUT2D eigenvalue weighted by molar-refractivity contribution is 7.86. The van der Waals surface area contributed by atoms with Crippen LogP contribution in [-0.2, 0) is 30.4 Å². The fourth-order valence-electron chi connectivity index (χ4n) is 5.91. The van der Waals surface area contributed by atoms with E-state index in [0.717, 1.165) is 34.8 Å². The lowest BCUT2D eigenvalue weighted by molar-refractivity contribution is 0.472. The Morgan fingerprint density at radius 3 is 1.82 bits per heavy atom. The first-order chi connectivity index (χ1) is 26.1. The van der Waals surface area contributed by atoms with Crippen LogP contribution in [0.1, 0.15) is 16.7 Å². The lowest BCUT2D eigenvalue weighted by Gasteiger charge is -2.24. The van der Waals surface area contributed by atoms with Crippen LogP contribution in [0, 0.1) is 20.8 Å². The Kier molecular flexibility index (Phi) is 10.3. The molecule has 6 aromatic rings. The third kappa shape index (κ3) is 8.29. The van der Waals surface area contributed by atoms with Gasteiger partial charge in [-0.25, -0.2) is 0 Å². The van der Waals surface area contributed by atoms with Gasteiger partial charge < -0.3 is 10.8 Å². The molecule has 0 unspecified atom stereocenters. The Balaban J connectivity index is 1.23. The average molecular weight is 820 g/mol. The van der Waals surface area contributed by atoms with E-state index in [2.05, 4.69) is 25.9 Å². The fourth-order valence-corrected chi connectivity index (χ4v) is 7.72. The largest absolute Gasteiger partial charge is 0.505 e. The molecular formula is C36H33N7O10S3. The number of rotatable bonds is 10. The van der Waals surface area contributed by atoms with Crippen LogP contribution in [0.5, 0.6) is 5.75 Å². The number of aromatic hydroxyl groups is 1. The fraction of sp³-hybridized carbons (Fsp3) is 0.111. The van der Waals surface area contributed by atoms with Gasteiger partial charge >= 0.3 is 0 Å². The van der Waals surface area contributed by atoms with Crippen molar-refractivity contribution in [3.05, 3.63) is 102 Å². The van der Waals surface area contributed by atoms with Crippen molar-refractivity contribution in [1.82, 2.24) is 0 Å². The molecule has 0 saturated heterocycles. The number of hydrogen-bond acceptors (Lipinski definition) is 14. The number of benzene rings is 6. The van der Waals surface area contributed by atoms with Gasteiger partial charge in [0.2, 0.25) is 0 Å². The average Bonchev–Trinajstić information content (AvgIpc) is 3.10. The number of phenolic OH excluding ortho intramolecular Hbond substituents is 1. The Labute approximate surface area is 321 Å². The van der Waals surface area contributed by atoms with Crippen molar-refractivity contribution in [2.45, 2.75) is 35.5 Å². The van der Waals surface area contributed by atoms with Crippen LogP contribution in [0.15, 0.2) is 120 Å². The number of fused-ring (bicyclic) bond motifs is 2. The summed E-state index contributed by atoms with van der Waals surface area (Å²) in [6, 6.07) is 21.3. The summed E-state index contributed by atoms with van der Waals surface area (Å²) in [5.74, 6) is -0.763. The lowest BCUT2D eigenvalue weighted by atomic mass is 10.1. The number of phenols is 1. The molecule has 0 aromatic heterocycles. The van der Waals surface area contributed by atoms with Gasteiger partial charge in [0.05, 0.1) is 39.0 Å². The van der Waals surface area contributed by atoms with Gasteiger partial charge in [0.25, 0.3) is 30.4 Å². The minimum Gasteiger partial charge on any atom is -0.505 e. The molecule has 6 aromatic carbocycles. The van der Waals surface area contributed by atoms with Gasteiger partial charge in [0, 0.05) is 12.4 Å². The zero-order valence-electron chi connectivity index (χ0n) is 29.9. The molecule has 17 nitrogen and oxygen atoms in total. The molecule has 7 N–H and O–H groups in total. The predicted octanol–water partition coefficient (Wildman–Crippen LogP) is 8.24. The summed E-state index contributed by atoms with van der Waals surface area (Å²) in [5, 5.41) is 30.7. The predicted molar refractivity (Wildman–Crippen MR) is 211 cm³/mol. The van der Waals surface area contributed by atoms with Crippen molar-refractivity contribution in [2.75, 3.05) is 23.2 Å². The molecule has 0 amide bonds. The second-order valence-corrected chi connectivity index (χ2v) is 17.0. The molecule has 0 spiro atoms. The van der Waals surface area contributed by atoms with Crippen LogP contribution < -0.4 is 16.2 Å². The number of nitrogen functional groups attached to an aromatic ring is 1. The first-order valence-electron chi connectivity index (χ1n) is 16.2. The topological polar surface area (TPSA) is 274 Å². The minimum atomic E-state index is -5.02. The summed E-state index contributed by atoms with van der Waals surface area (Å²) >= 11 is 0. The maximum absolute atomic E-state index is 12.3. The molecule has 0 atom stereocenters. The lowest BCUT2D eigenvalue weighted by Crippen LogP contribution is -2.25. The van der Waals surface area contributed by atoms with E-state index in [1.165, 1.54) is 12.1 Å². The standard InChI is InChI=1S/C36H33N7O10S3/c1-19-13-31(40-41-35-34(56(51,52)53)17-24-16-33(55(48,49)50)29(37)18-28(24)36(35)44)20(2)12-30(19)39-38-25-8-10-32(21(3)11-25)43(4)42-26-7-5-22-6-9-27(54(45,46)47)15-23(22)14-26/h5-18,42,44H,37H2,1-4H3,(H,45,46,47)(H,48,49,50)(H,51,52,53). The van der Waals surface area contributed by atoms with Crippen LogP contribution in [0.3, 0.4) is 0 Å². The second-order valence-electron chi connectivity index (χ2n) is 12.8. The van der Waals surface area contributed by atoms with Crippen molar-refractivity contribution in [2.24, 2.45) is 20.5 Å². The van der Waals surface area contributed by atoms with E-state index in [1.54, 1.807) is 49.2 Å². The summed E-state index contributed by atoms with van der Waals surface area (Å²) in [4.78, 5) is -1.79. The van der Waals surface area contributed by atoms with Crippen molar-refractivity contribution in [3.63, 3.8) is 0 Å². The van der Waals surface area contributed by atoms with Crippen molar-refractivity contribution in [1.29, 1.82) is 0 Å². The van der Waals surface area contributed by atoms with Gasteiger partial charge in [-0.15, -0.1) is 5.11 Å². The molecule has 0 aliphatic carbocycles. The van der Waals surface area contributed by atoms with Gasteiger partial charge in [0.1, 0.15) is 15.5 Å². The number of aryl methyl sites for hydroxylation is 3. The highest BCUT2D eigenvalue weighted by atomic mass is 32.2. The molecule has 0 heterocycles. The third-order valence-electron chi connectivity index (χ3n) is 8.73. The first-order valence-corrected chi connectivity index (χ1v) is 20.5. The first kappa shape index (κ1) is 39.7. The Morgan fingerprint density at radius 2 is 1.21 bits per heavy atom. The van der Waals surface area contributed by atoms with Crippen molar-refractivity contribution in [3.8, 4) is 5.75 Å². The van der Waals surface area contributed by atoms with Crippen molar-refractivity contribution < 1.29 is 44.0 Å². The number of nitrogens with zero attached hydrogens (tertiary/aromatic N) is 5. The highest BCUT2D eigenvalue weighted by Crippen LogP contribution is 2.43. The number of hydrazine groups is 1. The summed E-state index contributed by atoms with van der Waals surface area (Å²) in [6.45, 7) is 5.33. The Hall–Kier alpha value is -6.03. The third-order valence-corrected chi connectivity index (χ3v) is 11.4. The zero-order chi connectivity index (χ0) is 40.9. The number of hydrogen-bond donors (Lipinski definition) is 6. The zero-order valence-corrected chi connectivity index (χ0v) is 32.3. The SMILES string of the molecule is Cc1cc(N=Nc2c(S(=O)(=O)O)cc3cc(S(=O)(=O)O)c(N)cc3c2O)c(C)cc1N=Nc1ccc(N(C)Nc2ccc3ccc(S(=O)(=O)O)cc3c2)c(C)c1. The maximum Gasteiger partial charge on any atom is 0.296 e. The van der Waals surface area contributed by atoms with Gasteiger partial charge in [-0.3, -0.25) is 24.1 Å². The van der Waals surface area contributed by atoms with Crippen LogP contribution in [-0.4, -0.2) is 51.1 Å². The van der Waals surface area contributed by atoms with E-state index in [4.69, 9.17) is 5.73 Å². The van der Waals surface area contributed by atoms with Gasteiger partial charge in [-0.1, -0.05) is 12.1 Å². The quantitative estimate of drug-likeness (QED) is 0.0329. The molecule has 0 saturated carbocycles. The number of nitrogens with two attached hydrogens (primary N) is 1. The Bertz CT molecular complexity index is 3010. The number of nitrogens with one attached hydrogen (secondary N) is 1. The van der Waals surface area contributed by atoms with E-state index in [1.807, 2.05) is 38.2 Å². The summed E-state index contributed by atoms with van der Waals surface area (Å²) in [6.07, 6.45) is 0. The molecule has 0 radical (unpaired) electrons. The van der Waals surface area contributed by atoms with Crippen LogP contribution in [0.2, 0.25) is 0 Å². The molecule has 0 bridgehead atoms. The van der Waals surface area contributed by atoms with E-state index < -0.39 is 57.3 Å². The minimum absolute atomic E-state index is 0.116. The Morgan fingerprint density at radius 1 is 0.607 bits per heavy atom. The molecular weight excluding hydrogens is 787 g/mol. The van der Waals surface area contributed by atoms with E-state index in [9.17, 15) is 44.0 Å². The van der Waals surface area contributed by atoms with Crippen LogP contribution >= 0.6 is 0 Å². The summed E-state index contributed by atoms with van der Waals surface area (Å²) in [5.41, 5.74) is 12.8. The molecule has 56 heavy (non-hydrogen) atoms. The van der Waals surface area contributed by atoms with E-state index in [-0.39, 0.29) is 21.4 Å². The number of azo groups is 2.